The fourth-order valence-electron chi connectivity index (χ4n) is 2.19. The molecule has 0 aromatic carbocycles. The molecular weight excluding hydrogens is 316 g/mol. The normalized spacial score (nSPS) is 14.0. The summed E-state index contributed by atoms with van der Waals surface area (Å²) in [6.45, 7) is 7.63. The maximum absolute atomic E-state index is 12.3. The number of ether oxygens (including phenoxy) is 1. The Labute approximate surface area is 141 Å². The van der Waals surface area contributed by atoms with Gasteiger partial charge in [0.25, 0.3) is 0 Å². The zero-order valence-electron chi connectivity index (χ0n) is 14.4. The molecule has 1 aromatic rings. The molecule has 0 aliphatic carbocycles. The summed E-state index contributed by atoms with van der Waals surface area (Å²) in [5.41, 5.74) is -0.937. The van der Waals surface area contributed by atoms with Crippen molar-refractivity contribution in [1.29, 1.82) is 0 Å². The zero-order chi connectivity index (χ0) is 18.3. The largest absolute Gasteiger partial charge is 0.465 e. The van der Waals surface area contributed by atoms with Gasteiger partial charge in [-0.15, -0.1) is 0 Å². The lowest BCUT2D eigenvalue weighted by molar-refractivity contribution is -0.119. The monoisotopic (exact) mass is 342 g/mol. The molecule has 2 atom stereocenters. The van der Waals surface area contributed by atoms with Crippen LogP contribution in [0.1, 0.15) is 34.1 Å². The van der Waals surface area contributed by atoms with Gasteiger partial charge in [-0.25, -0.2) is 4.79 Å². The van der Waals surface area contributed by atoms with Crippen LogP contribution in [0.4, 0.5) is 10.6 Å². The second kappa shape index (κ2) is 8.65. The maximum atomic E-state index is 12.3. The van der Waals surface area contributed by atoms with Gasteiger partial charge in [0, 0.05) is 25.3 Å². The smallest absolute Gasteiger partial charge is 0.405 e. The van der Waals surface area contributed by atoms with E-state index in [4.69, 9.17) is 9.84 Å². The summed E-state index contributed by atoms with van der Waals surface area (Å²) in [7, 11) is 0. The lowest BCUT2D eigenvalue weighted by atomic mass is 10.1. The van der Waals surface area contributed by atoms with Crippen LogP contribution in [-0.4, -0.2) is 56.3 Å². The van der Waals surface area contributed by atoms with E-state index in [0.717, 1.165) is 0 Å². The van der Waals surface area contributed by atoms with Gasteiger partial charge in [-0.2, -0.15) is 5.10 Å². The predicted molar refractivity (Wildman–Crippen MR) is 87.8 cm³/mol. The van der Waals surface area contributed by atoms with Gasteiger partial charge < -0.3 is 25.6 Å². The van der Waals surface area contributed by atoms with Gasteiger partial charge in [-0.1, -0.05) is 0 Å². The molecule has 0 spiro atoms. The number of hydrogen-bond acceptors (Lipinski definition) is 5. The van der Waals surface area contributed by atoms with Crippen LogP contribution in [0, 0.1) is 0 Å². The summed E-state index contributed by atoms with van der Waals surface area (Å²) >= 11 is 0. The van der Waals surface area contributed by atoms with Crippen molar-refractivity contribution in [1.82, 2.24) is 15.1 Å². The first-order valence-corrected chi connectivity index (χ1v) is 7.78. The van der Waals surface area contributed by atoms with Crippen LogP contribution in [0.3, 0.4) is 0 Å². The van der Waals surface area contributed by atoms with Crippen molar-refractivity contribution in [3.63, 3.8) is 0 Å². The summed E-state index contributed by atoms with van der Waals surface area (Å²) < 4.78 is 6.85. The molecule has 0 aliphatic heterocycles. The molecule has 9 nitrogen and oxygen atoms in total. The first-order chi connectivity index (χ1) is 11.1. The standard InChI is InChI=1S/C15H26N4O5/c1-5-24-10(2)8-11(16-14(21)22)13(20)17-12-6-7-19(18-12)9-15(3,4)23/h6-7,10-11,16,23H,5,8-9H2,1-4H3,(H,21,22)(H,17,18,20)/t10-,11+/m1/s1. The first-order valence-electron chi connectivity index (χ1n) is 7.78. The van der Waals surface area contributed by atoms with E-state index in [1.54, 1.807) is 33.0 Å². The van der Waals surface area contributed by atoms with Crippen LogP contribution in [-0.2, 0) is 16.1 Å². The molecule has 1 aromatic heterocycles. The van der Waals surface area contributed by atoms with Crippen LogP contribution in [0.15, 0.2) is 12.3 Å². The number of carbonyl (C=O) groups is 2. The van der Waals surface area contributed by atoms with E-state index in [9.17, 15) is 14.7 Å². The zero-order valence-corrected chi connectivity index (χ0v) is 14.4. The average molecular weight is 342 g/mol. The Bertz CT molecular complexity index is 552. The average Bonchev–Trinajstić information content (AvgIpc) is 2.82. The van der Waals surface area contributed by atoms with Crippen LogP contribution >= 0.6 is 0 Å². The minimum absolute atomic E-state index is 0.205. The number of aliphatic hydroxyl groups is 1. The number of rotatable bonds is 9. The van der Waals surface area contributed by atoms with Gasteiger partial charge in [0.2, 0.25) is 5.91 Å². The second-order valence-electron chi connectivity index (χ2n) is 6.20. The van der Waals surface area contributed by atoms with Gasteiger partial charge in [0.15, 0.2) is 5.82 Å². The molecule has 0 aliphatic rings. The fourth-order valence-corrected chi connectivity index (χ4v) is 2.19. The summed E-state index contributed by atoms with van der Waals surface area (Å²) in [5, 5.41) is 27.5. The van der Waals surface area contributed by atoms with Gasteiger partial charge in [0.05, 0.1) is 18.2 Å². The van der Waals surface area contributed by atoms with Crippen molar-refractivity contribution < 1.29 is 24.5 Å². The van der Waals surface area contributed by atoms with Crippen molar-refractivity contribution in [2.45, 2.75) is 58.4 Å². The molecule has 0 unspecified atom stereocenters. The third kappa shape index (κ3) is 7.42. The molecule has 136 valence electrons. The second-order valence-corrected chi connectivity index (χ2v) is 6.20. The van der Waals surface area contributed by atoms with E-state index in [0.29, 0.717) is 6.61 Å². The third-order valence-corrected chi connectivity index (χ3v) is 3.07. The van der Waals surface area contributed by atoms with Crippen molar-refractivity contribution in [3.05, 3.63) is 12.3 Å². The number of carboxylic acid groups (broad SMARTS) is 1. The highest BCUT2D eigenvalue weighted by Crippen LogP contribution is 2.10. The maximum Gasteiger partial charge on any atom is 0.405 e. The van der Waals surface area contributed by atoms with Crippen molar-refractivity contribution in [3.8, 4) is 0 Å². The van der Waals surface area contributed by atoms with Gasteiger partial charge in [-0.05, 0) is 27.7 Å². The Hall–Kier alpha value is -2.13. The van der Waals surface area contributed by atoms with Crippen LogP contribution < -0.4 is 10.6 Å². The highest BCUT2D eigenvalue weighted by Gasteiger charge is 2.24. The van der Waals surface area contributed by atoms with Crippen LogP contribution in [0.25, 0.3) is 0 Å². The van der Waals surface area contributed by atoms with E-state index in [2.05, 4.69) is 15.7 Å². The molecule has 0 saturated heterocycles. The Balaban J connectivity index is 2.71. The number of hydrogen-bond donors (Lipinski definition) is 4. The molecular formula is C15H26N4O5. The van der Waals surface area contributed by atoms with E-state index in [-0.39, 0.29) is 24.9 Å². The van der Waals surface area contributed by atoms with Gasteiger partial charge in [-0.3, -0.25) is 9.48 Å². The molecule has 0 saturated carbocycles. The minimum atomic E-state index is -1.29. The van der Waals surface area contributed by atoms with Crippen molar-refractivity contribution in [2.75, 3.05) is 11.9 Å². The number of amides is 2. The molecule has 4 N–H and O–H groups in total. The SMILES string of the molecule is CCO[C@H](C)C[C@H](NC(=O)O)C(=O)Nc1ccn(CC(C)(C)O)n1. The highest BCUT2D eigenvalue weighted by molar-refractivity contribution is 5.95. The minimum Gasteiger partial charge on any atom is -0.465 e. The Kier molecular flexibility index (Phi) is 7.18. The summed E-state index contributed by atoms with van der Waals surface area (Å²) in [6, 6.07) is 0.622. The lowest BCUT2D eigenvalue weighted by Crippen LogP contribution is -2.45. The Morgan fingerprint density at radius 1 is 1.46 bits per heavy atom. The number of nitrogens with one attached hydrogen (secondary N) is 2. The summed E-state index contributed by atoms with van der Waals surface area (Å²) in [5.74, 6) is -0.233. The molecule has 1 rings (SSSR count). The van der Waals surface area contributed by atoms with Crippen LogP contribution in [0.2, 0.25) is 0 Å². The Morgan fingerprint density at radius 3 is 2.67 bits per heavy atom. The molecule has 0 fully saturated rings. The molecule has 9 heteroatoms. The predicted octanol–water partition coefficient (Wildman–Crippen LogP) is 1.04. The summed E-state index contributed by atoms with van der Waals surface area (Å²) in [6.07, 6.45) is 0.267. The van der Waals surface area contributed by atoms with E-state index in [1.165, 1.54) is 4.68 Å². The highest BCUT2D eigenvalue weighted by atomic mass is 16.5. The van der Waals surface area contributed by atoms with Gasteiger partial charge >= 0.3 is 6.09 Å². The Morgan fingerprint density at radius 2 is 2.12 bits per heavy atom. The molecule has 2 amide bonds. The fraction of sp³-hybridized carbons (Fsp3) is 0.667. The third-order valence-electron chi connectivity index (χ3n) is 3.07. The molecule has 24 heavy (non-hydrogen) atoms. The quantitative estimate of drug-likeness (QED) is 0.531. The van der Waals surface area contributed by atoms with E-state index in [1.807, 2.05) is 6.92 Å². The first kappa shape index (κ1) is 19.9. The number of nitrogens with zero attached hydrogens (tertiary/aromatic N) is 2. The molecule has 0 bridgehead atoms. The van der Waals surface area contributed by atoms with Gasteiger partial charge in [0.1, 0.15) is 6.04 Å². The summed E-state index contributed by atoms with van der Waals surface area (Å²) in [4.78, 5) is 23.2. The van der Waals surface area contributed by atoms with Crippen molar-refractivity contribution >= 4 is 17.8 Å². The number of aromatic nitrogens is 2. The topological polar surface area (TPSA) is 126 Å². The van der Waals surface area contributed by atoms with Crippen molar-refractivity contribution in [2.24, 2.45) is 0 Å². The van der Waals surface area contributed by atoms with Crippen LogP contribution in [0.5, 0.6) is 0 Å². The molecule has 0 radical (unpaired) electrons. The van der Waals surface area contributed by atoms with E-state index >= 15 is 0 Å². The molecule has 1 heterocycles. The van der Waals surface area contributed by atoms with E-state index < -0.39 is 23.6 Å². The number of anilines is 1. The lowest BCUT2D eigenvalue weighted by Gasteiger charge is -2.20. The number of carbonyl (C=O) groups excluding carboxylic acids is 1.